The standard InChI is InChI=1S/C21H21N/c1-17-12-14-20(15-13-17)22-16-21(18-8-4-2-5-9-18)19-10-6-3-7-11-19/h2-15,21-22H,16H2,1H3. The Balaban J connectivity index is 1.81. The van der Waals surface area contributed by atoms with Gasteiger partial charge in [0.15, 0.2) is 0 Å². The van der Waals surface area contributed by atoms with Gasteiger partial charge in [0.05, 0.1) is 0 Å². The summed E-state index contributed by atoms with van der Waals surface area (Å²) in [6.07, 6.45) is 0. The molecule has 0 fully saturated rings. The minimum atomic E-state index is 0.351. The summed E-state index contributed by atoms with van der Waals surface area (Å²) in [5, 5.41) is 3.57. The van der Waals surface area contributed by atoms with Gasteiger partial charge in [-0.1, -0.05) is 78.4 Å². The molecule has 0 aliphatic heterocycles. The molecule has 3 aromatic rings. The van der Waals surface area contributed by atoms with Crippen LogP contribution in [0.3, 0.4) is 0 Å². The predicted molar refractivity (Wildman–Crippen MR) is 94.4 cm³/mol. The lowest BCUT2D eigenvalue weighted by molar-refractivity contribution is 0.853. The smallest absolute Gasteiger partial charge is 0.0340 e. The molecule has 1 N–H and O–H groups in total. The van der Waals surface area contributed by atoms with E-state index in [1.54, 1.807) is 0 Å². The highest BCUT2D eigenvalue weighted by Crippen LogP contribution is 2.25. The second-order valence-corrected chi connectivity index (χ2v) is 5.62. The SMILES string of the molecule is Cc1ccc(NCC(c2ccccc2)c2ccccc2)cc1. The van der Waals surface area contributed by atoms with Crippen LogP contribution in [0.15, 0.2) is 84.9 Å². The summed E-state index contributed by atoms with van der Waals surface area (Å²) in [5.41, 5.74) is 5.14. The maximum absolute atomic E-state index is 3.57. The van der Waals surface area contributed by atoms with E-state index < -0.39 is 0 Å². The number of aryl methyl sites for hydroxylation is 1. The van der Waals surface area contributed by atoms with Crippen molar-refractivity contribution in [2.75, 3.05) is 11.9 Å². The van der Waals surface area contributed by atoms with E-state index in [0.717, 1.165) is 6.54 Å². The lowest BCUT2D eigenvalue weighted by Crippen LogP contribution is -2.14. The van der Waals surface area contributed by atoms with Crippen LogP contribution < -0.4 is 5.32 Å². The van der Waals surface area contributed by atoms with Crippen molar-refractivity contribution in [1.29, 1.82) is 0 Å². The Kier molecular flexibility index (Phi) is 4.55. The lowest BCUT2D eigenvalue weighted by atomic mass is 9.91. The molecule has 3 aromatic carbocycles. The van der Waals surface area contributed by atoms with Crippen LogP contribution in [0, 0.1) is 6.92 Å². The Labute approximate surface area is 132 Å². The first-order chi connectivity index (χ1) is 10.8. The Morgan fingerprint density at radius 3 is 1.68 bits per heavy atom. The van der Waals surface area contributed by atoms with Crippen LogP contribution in [0.4, 0.5) is 5.69 Å². The molecule has 3 rings (SSSR count). The largest absolute Gasteiger partial charge is 0.384 e. The van der Waals surface area contributed by atoms with Gasteiger partial charge in [-0.3, -0.25) is 0 Å². The summed E-state index contributed by atoms with van der Waals surface area (Å²) in [5.74, 6) is 0.351. The molecule has 0 radical (unpaired) electrons. The molecular weight excluding hydrogens is 266 g/mol. The normalized spacial score (nSPS) is 10.6. The van der Waals surface area contributed by atoms with Gasteiger partial charge in [0.2, 0.25) is 0 Å². The van der Waals surface area contributed by atoms with Crippen molar-refractivity contribution in [2.24, 2.45) is 0 Å². The highest BCUT2D eigenvalue weighted by Gasteiger charge is 2.13. The van der Waals surface area contributed by atoms with Gasteiger partial charge < -0.3 is 5.32 Å². The number of nitrogens with one attached hydrogen (secondary N) is 1. The number of benzene rings is 3. The average Bonchev–Trinajstić information content (AvgIpc) is 2.59. The van der Waals surface area contributed by atoms with Crippen molar-refractivity contribution in [2.45, 2.75) is 12.8 Å². The van der Waals surface area contributed by atoms with Crippen LogP contribution in [-0.4, -0.2) is 6.54 Å². The van der Waals surface area contributed by atoms with Crippen LogP contribution in [0.1, 0.15) is 22.6 Å². The van der Waals surface area contributed by atoms with E-state index in [-0.39, 0.29) is 0 Å². The summed E-state index contributed by atoms with van der Waals surface area (Å²) < 4.78 is 0. The zero-order valence-electron chi connectivity index (χ0n) is 12.9. The number of rotatable bonds is 5. The molecule has 1 nitrogen and oxygen atoms in total. The van der Waals surface area contributed by atoms with E-state index in [9.17, 15) is 0 Å². The van der Waals surface area contributed by atoms with Gasteiger partial charge in [-0.25, -0.2) is 0 Å². The molecule has 22 heavy (non-hydrogen) atoms. The number of hydrogen-bond donors (Lipinski definition) is 1. The molecule has 0 saturated heterocycles. The fraction of sp³-hybridized carbons (Fsp3) is 0.143. The third kappa shape index (κ3) is 3.56. The van der Waals surface area contributed by atoms with Gasteiger partial charge in [0, 0.05) is 18.2 Å². The summed E-state index contributed by atoms with van der Waals surface area (Å²) in [4.78, 5) is 0. The van der Waals surface area contributed by atoms with E-state index >= 15 is 0 Å². The molecule has 0 spiro atoms. The monoisotopic (exact) mass is 287 g/mol. The fourth-order valence-corrected chi connectivity index (χ4v) is 2.69. The molecule has 0 atom stereocenters. The Bertz CT molecular complexity index is 647. The molecule has 0 heterocycles. The van der Waals surface area contributed by atoms with Gasteiger partial charge >= 0.3 is 0 Å². The second-order valence-electron chi connectivity index (χ2n) is 5.62. The van der Waals surface area contributed by atoms with Crippen molar-refractivity contribution < 1.29 is 0 Å². The Hall–Kier alpha value is -2.54. The van der Waals surface area contributed by atoms with Crippen LogP contribution >= 0.6 is 0 Å². The van der Waals surface area contributed by atoms with E-state index in [1.807, 2.05) is 0 Å². The zero-order valence-corrected chi connectivity index (χ0v) is 12.9. The van der Waals surface area contributed by atoms with Gasteiger partial charge in [0.1, 0.15) is 0 Å². The van der Waals surface area contributed by atoms with Gasteiger partial charge in [-0.2, -0.15) is 0 Å². The molecule has 0 aliphatic carbocycles. The first-order valence-corrected chi connectivity index (χ1v) is 7.73. The van der Waals surface area contributed by atoms with Crippen LogP contribution in [0.2, 0.25) is 0 Å². The molecule has 110 valence electrons. The highest BCUT2D eigenvalue weighted by atomic mass is 14.9. The molecule has 0 bridgehead atoms. The van der Waals surface area contributed by atoms with Gasteiger partial charge in [-0.05, 0) is 30.2 Å². The second kappa shape index (κ2) is 6.95. The van der Waals surface area contributed by atoms with E-state index in [2.05, 4.69) is 97.2 Å². The molecule has 0 aliphatic rings. The summed E-state index contributed by atoms with van der Waals surface area (Å²) in [7, 11) is 0. The van der Waals surface area contributed by atoms with E-state index in [4.69, 9.17) is 0 Å². The highest BCUT2D eigenvalue weighted by molar-refractivity contribution is 5.46. The summed E-state index contributed by atoms with van der Waals surface area (Å²) >= 11 is 0. The fourth-order valence-electron chi connectivity index (χ4n) is 2.69. The van der Waals surface area contributed by atoms with Gasteiger partial charge in [0.25, 0.3) is 0 Å². The van der Waals surface area contributed by atoms with Crippen molar-refractivity contribution in [3.05, 3.63) is 102 Å². The van der Waals surface area contributed by atoms with Crippen LogP contribution in [0.5, 0.6) is 0 Å². The molecular formula is C21H21N. The predicted octanol–water partition coefficient (Wildman–Crippen LogP) is 5.24. The van der Waals surface area contributed by atoms with E-state index in [0.29, 0.717) is 5.92 Å². The minimum absolute atomic E-state index is 0.351. The van der Waals surface area contributed by atoms with Crippen LogP contribution in [-0.2, 0) is 0 Å². The lowest BCUT2D eigenvalue weighted by Gasteiger charge is -2.19. The summed E-state index contributed by atoms with van der Waals surface area (Å²) in [6.45, 7) is 3.00. The summed E-state index contributed by atoms with van der Waals surface area (Å²) in [6, 6.07) is 29.9. The molecule has 1 heteroatoms. The average molecular weight is 287 g/mol. The quantitative estimate of drug-likeness (QED) is 0.676. The molecule has 0 aromatic heterocycles. The van der Waals surface area contributed by atoms with Crippen LogP contribution in [0.25, 0.3) is 0 Å². The molecule has 0 unspecified atom stereocenters. The maximum Gasteiger partial charge on any atom is 0.0340 e. The maximum atomic E-state index is 3.57. The molecule has 0 amide bonds. The van der Waals surface area contributed by atoms with Crippen molar-refractivity contribution in [3.8, 4) is 0 Å². The topological polar surface area (TPSA) is 12.0 Å². The minimum Gasteiger partial charge on any atom is -0.384 e. The Morgan fingerprint density at radius 1 is 0.682 bits per heavy atom. The third-order valence-corrected chi connectivity index (χ3v) is 3.97. The van der Waals surface area contributed by atoms with E-state index in [1.165, 1.54) is 22.4 Å². The first-order valence-electron chi connectivity index (χ1n) is 7.73. The molecule has 0 saturated carbocycles. The first kappa shape index (κ1) is 14.4. The van der Waals surface area contributed by atoms with Crippen molar-refractivity contribution in [1.82, 2.24) is 0 Å². The third-order valence-electron chi connectivity index (χ3n) is 3.97. The number of hydrogen-bond acceptors (Lipinski definition) is 1. The number of anilines is 1. The van der Waals surface area contributed by atoms with Crippen molar-refractivity contribution >= 4 is 5.69 Å². The Morgan fingerprint density at radius 2 is 1.18 bits per heavy atom. The van der Waals surface area contributed by atoms with Gasteiger partial charge in [-0.15, -0.1) is 0 Å². The zero-order chi connectivity index (χ0) is 15.2. The van der Waals surface area contributed by atoms with Crippen molar-refractivity contribution in [3.63, 3.8) is 0 Å².